The Balaban J connectivity index is 1.92. The molecule has 110 valence electrons. The van der Waals surface area contributed by atoms with Crippen LogP contribution in [0, 0.1) is 11.8 Å². The van der Waals surface area contributed by atoms with Gasteiger partial charge in [0.05, 0.1) is 0 Å². The van der Waals surface area contributed by atoms with Crippen LogP contribution in [0.25, 0.3) is 0 Å². The SMILES string of the molecule is N[C@H]1CN(S(=O)(=O)c2c[nH]c(=O)[nH]c2=O)C[C@@H]1C1CC1. The highest BCUT2D eigenvalue weighted by Crippen LogP contribution is 2.41. The van der Waals surface area contributed by atoms with Crippen LogP contribution in [0.5, 0.6) is 0 Å². The van der Waals surface area contributed by atoms with Crippen LogP contribution in [0.15, 0.2) is 20.7 Å². The van der Waals surface area contributed by atoms with Crippen molar-refractivity contribution in [1.29, 1.82) is 0 Å². The number of H-pyrrole nitrogens is 2. The molecule has 1 aliphatic carbocycles. The summed E-state index contributed by atoms with van der Waals surface area (Å²) in [5.74, 6) is 0.658. The van der Waals surface area contributed by atoms with Gasteiger partial charge in [0.2, 0.25) is 10.0 Å². The van der Waals surface area contributed by atoms with E-state index >= 15 is 0 Å². The highest BCUT2D eigenvalue weighted by molar-refractivity contribution is 7.89. The van der Waals surface area contributed by atoms with Crippen molar-refractivity contribution >= 4 is 10.0 Å². The molecule has 3 rings (SSSR count). The summed E-state index contributed by atoms with van der Waals surface area (Å²) in [6, 6.07) is -0.195. The van der Waals surface area contributed by atoms with Crippen molar-refractivity contribution in [1.82, 2.24) is 14.3 Å². The minimum absolute atomic E-state index is 0.159. The maximum Gasteiger partial charge on any atom is 0.325 e. The number of sulfonamides is 1. The van der Waals surface area contributed by atoms with Crippen LogP contribution in [0.2, 0.25) is 0 Å². The second-order valence-corrected chi connectivity index (χ2v) is 7.33. The minimum atomic E-state index is -3.92. The van der Waals surface area contributed by atoms with E-state index in [0.717, 1.165) is 19.0 Å². The third-order valence-electron chi connectivity index (χ3n) is 4.01. The number of nitrogens with zero attached hydrogens (tertiary/aromatic N) is 1. The Morgan fingerprint density at radius 1 is 1.25 bits per heavy atom. The van der Waals surface area contributed by atoms with Crippen molar-refractivity contribution < 1.29 is 8.42 Å². The molecule has 0 unspecified atom stereocenters. The molecule has 1 aliphatic heterocycles. The predicted molar refractivity (Wildman–Crippen MR) is 70.6 cm³/mol. The topological polar surface area (TPSA) is 129 Å². The van der Waals surface area contributed by atoms with Crippen molar-refractivity contribution in [3.8, 4) is 0 Å². The van der Waals surface area contributed by atoms with Gasteiger partial charge in [-0.15, -0.1) is 0 Å². The molecule has 0 bridgehead atoms. The molecule has 2 fully saturated rings. The summed E-state index contributed by atoms with van der Waals surface area (Å²) >= 11 is 0. The quantitative estimate of drug-likeness (QED) is 0.620. The van der Waals surface area contributed by atoms with Gasteiger partial charge in [0, 0.05) is 25.3 Å². The maximum absolute atomic E-state index is 12.4. The van der Waals surface area contributed by atoms with Crippen LogP contribution < -0.4 is 17.0 Å². The largest absolute Gasteiger partial charge is 0.326 e. The lowest BCUT2D eigenvalue weighted by atomic mass is 9.99. The van der Waals surface area contributed by atoms with Crippen molar-refractivity contribution in [2.45, 2.75) is 23.8 Å². The van der Waals surface area contributed by atoms with E-state index < -0.39 is 26.2 Å². The van der Waals surface area contributed by atoms with Crippen LogP contribution in [-0.2, 0) is 10.0 Å². The Morgan fingerprint density at radius 2 is 1.95 bits per heavy atom. The average Bonchev–Trinajstić information content (AvgIpc) is 3.11. The first-order chi connectivity index (χ1) is 9.39. The molecule has 0 spiro atoms. The van der Waals surface area contributed by atoms with E-state index in [0.29, 0.717) is 12.5 Å². The minimum Gasteiger partial charge on any atom is -0.326 e. The molecule has 8 nitrogen and oxygen atoms in total. The van der Waals surface area contributed by atoms with Gasteiger partial charge in [-0.05, 0) is 24.7 Å². The number of rotatable bonds is 3. The zero-order valence-electron chi connectivity index (χ0n) is 10.7. The molecule has 9 heteroatoms. The molecule has 0 aromatic carbocycles. The van der Waals surface area contributed by atoms with E-state index in [1.54, 1.807) is 0 Å². The molecule has 1 saturated heterocycles. The van der Waals surface area contributed by atoms with Crippen LogP contribution in [0.4, 0.5) is 0 Å². The summed E-state index contributed by atoms with van der Waals surface area (Å²) in [6.45, 7) is 0.550. The number of aromatic nitrogens is 2. The predicted octanol–water partition coefficient (Wildman–Crippen LogP) is -1.58. The molecule has 2 aliphatic rings. The molecule has 2 atom stereocenters. The Hall–Kier alpha value is -1.45. The van der Waals surface area contributed by atoms with Gasteiger partial charge in [-0.3, -0.25) is 9.78 Å². The second kappa shape index (κ2) is 4.54. The van der Waals surface area contributed by atoms with E-state index in [4.69, 9.17) is 5.73 Å². The lowest BCUT2D eigenvalue weighted by molar-refractivity contribution is 0.427. The highest BCUT2D eigenvalue weighted by Gasteiger charge is 2.45. The summed E-state index contributed by atoms with van der Waals surface area (Å²) in [4.78, 5) is 26.3. The normalized spacial score (nSPS) is 27.9. The van der Waals surface area contributed by atoms with Crippen molar-refractivity contribution in [2.75, 3.05) is 13.1 Å². The summed E-state index contributed by atoms with van der Waals surface area (Å²) in [5.41, 5.74) is 4.36. The zero-order valence-corrected chi connectivity index (χ0v) is 11.5. The molecule has 2 heterocycles. The first kappa shape index (κ1) is 13.5. The highest BCUT2D eigenvalue weighted by atomic mass is 32.2. The fourth-order valence-corrected chi connectivity index (χ4v) is 4.27. The number of hydrogen-bond acceptors (Lipinski definition) is 5. The Kier molecular flexibility index (Phi) is 3.07. The van der Waals surface area contributed by atoms with Crippen LogP contribution in [0.3, 0.4) is 0 Å². The number of nitrogens with two attached hydrogens (primary N) is 1. The fraction of sp³-hybridized carbons (Fsp3) is 0.636. The molecular weight excluding hydrogens is 284 g/mol. The Bertz CT molecular complexity index is 733. The molecule has 0 amide bonds. The number of aromatic amines is 2. The summed E-state index contributed by atoms with van der Waals surface area (Å²) < 4.78 is 26.1. The maximum atomic E-state index is 12.4. The molecule has 1 aromatic rings. The van der Waals surface area contributed by atoms with Crippen LogP contribution >= 0.6 is 0 Å². The van der Waals surface area contributed by atoms with Crippen LogP contribution in [0.1, 0.15) is 12.8 Å². The Morgan fingerprint density at radius 3 is 2.55 bits per heavy atom. The fourth-order valence-electron chi connectivity index (χ4n) is 2.76. The van der Waals surface area contributed by atoms with E-state index in [9.17, 15) is 18.0 Å². The van der Waals surface area contributed by atoms with E-state index in [2.05, 4.69) is 4.98 Å². The lowest BCUT2D eigenvalue weighted by Gasteiger charge is -2.15. The van der Waals surface area contributed by atoms with Gasteiger partial charge >= 0.3 is 5.69 Å². The standard InChI is InChI=1S/C11H16N4O4S/c12-8-5-15(4-7(8)6-1-2-6)20(18,19)9-3-13-11(17)14-10(9)16/h3,6-8H,1-2,4-5,12H2,(H2,13,14,16,17)/t7-,8+/m1/s1. The van der Waals surface area contributed by atoms with E-state index in [1.165, 1.54) is 4.31 Å². The molecule has 20 heavy (non-hydrogen) atoms. The van der Waals surface area contributed by atoms with Gasteiger partial charge in [0.15, 0.2) is 4.90 Å². The van der Waals surface area contributed by atoms with Crippen LogP contribution in [-0.4, -0.2) is 41.8 Å². The first-order valence-electron chi connectivity index (χ1n) is 6.47. The lowest BCUT2D eigenvalue weighted by Crippen LogP contribution is -2.36. The van der Waals surface area contributed by atoms with Gasteiger partial charge in [-0.1, -0.05) is 0 Å². The molecule has 1 aromatic heterocycles. The van der Waals surface area contributed by atoms with Gasteiger partial charge < -0.3 is 10.7 Å². The third-order valence-corrected chi connectivity index (χ3v) is 5.85. The van der Waals surface area contributed by atoms with Crippen molar-refractivity contribution in [3.05, 3.63) is 27.0 Å². The third kappa shape index (κ3) is 2.21. The average molecular weight is 300 g/mol. The summed E-state index contributed by atoms with van der Waals surface area (Å²) in [6.07, 6.45) is 3.11. The molecule has 0 radical (unpaired) electrons. The molecule has 4 N–H and O–H groups in total. The van der Waals surface area contributed by atoms with Gasteiger partial charge in [-0.2, -0.15) is 4.31 Å². The first-order valence-corrected chi connectivity index (χ1v) is 7.91. The van der Waals surface area contributed by atoms with Gasteiger partial charge in [-0.25, -0.2) is 13.2 Å². The van der Waals surface area contributed by atoms with Crippen molar-refractivity contribution in [2.24, 2.45) is 17.6 Å². The monoisotopic (exact) mass is 300 g/mol. The smallest absolute Gasteiger partial charge is 0.325 e. The van der Waals surface area contributed by atoms with E-state index in [1.807, 2.05) is 4.98 Å². The summed E-state index contributed by atoms with van der Waals surface area (Å²) in [5, 5.41) is 0. The summed E-state index contributed by atoms with van der Waals surface area (Å²) in [7, 11) is -3.92. The Labute approximate surface area is 115 Å². The van der Waals surface area contributed by atoms with Gasteiger partial charge in [0.25, 0.3) is 5.56 Å². The van der Waals surface area contributed by atoms with Gasteiger partial charge in [0.1, 0.15) is 0 Å². The number of nitrogens with one attached hydrogen (secondary N) is 2. The second-order valence-electron chi connectivity index (χ2n) is 5.42. The molecular formula is C11H16N4O4S. The zero-order chi connectivity index (χ0) is 14.5. The molecule has 1 saturated carbocycles. The van der Waals surface area contributed by atoms with Crippen molar-refractivity contribution in [3.63, 3.8) is 0 Å². The number of hydrogen-bond donors (Lipinski definition) is 3. The van der Waals surface area contributed by atoms with E-state index in [-0.39, 0.29) is 18.5 Å².